The summed E-state index contributed by atoms with van der Waals surface area (Å²) in [4.78, 5) is 0. The quantitative estimate of drug-likeness (QED) is 0.112. The molecule has 15 heteroatoms. The first-order valence-electron chi connectivity index (χ1n) is 29.5. The normalized spacial score (nSPS) is 12.7. The molecule has 0 aliphatic heterocycles. The maximum absolute atomic E-state index is 14.7. The van der Waals surface area contributed by atoms with E-state index in [9.17, 15) is 52.7 Å². The van der Waals surface area contributed by atoms with Crippen molar-refractivity contribution in [1.82, 2.24) is 13.7 Å². The van der Waals surface area contributed by atoms with Gasteiger partial charge in [0, 0.05) is 38.0 Å². The van der Waals surface area contributed by atoms with Crippen LogP contribution in [-0.4, -0.2) is 13.7 Å². The summed E-state index contributed by atoms with van der Waals surface area (Å²) < 4.78 is 180. The zero-order chi connectivity index (χ0) is 64.0. The van der Waals surface area contributed by atoms with Gasteiger partial charge in [-0.05, 0) is 187 Å². The highest BCUT2D eigenvalue weighted by atomic mass is 19.4. The molecule has 454 valence electrons. The van der Waals surface area contributed by atoms with Crippen molar-refractivity contribution in [1.29, 1.82) is 0 Å². The topological polar surface area (TPSA) is 14.8 Å². The molecule has 0 atom stereocenters. The van der Waals surface area contributed by atoms with E-state index in [1.807, 2.05) is 91.0 Å². The van der Waals surface area contributed by atoms with Gasteiger partial charge in [0.15, 0.2) is 0 Å². The SMILES string of the molecule is FC(F)(F)c1ccc2c(c1)c1cc(-c3ccc4c(c3)c3cc(-c5ccc6c(c5)c5cc(C(F)(F)F)ccc5n6-c5ccccc5C(F)(F)F)ccc3n4-c3ccc(-c4c5ccccc5c(-c5ccccc5)c5ccccc45)cc3)ccc1n2-c1ccccc1C(F)(F)F. The second-order valence-corrected chi connectivity index (χ2v) is 23.2. The molecule has 3 heterocycles. The number of halogens is 12. The van der Waals surface area contributed by atoms with Gasteiger partial charge in [-0.15, -0.1) is 0 Å². The van der Waals surface area contributed by atoms with Crippen LogP contribution in [0.1, 0.15) is 22.3 Å². The minimum Gasteiger partial charge on any atom is -0.309 e. The van der Waals surface area contributed by atoms with Gasteiger partial charge in [0.05, 0.1) is 66.7 Å². The second-order valence-electron chi connectivity index (χ2n) is 23.2. The van der Waals surface area contributed by atoms with Crippen molar-refractivity contribution in [3.05, 3.63) is 283 Å². The molecule has 16 aromatic rings. The minimum atomic E-state index is -4.80. The maximum atomic E-state index is 14.7. The van der Waals surface area contributed by atoms with E-state index in [-0.39, 0.29) is 55.0 Å². The lowest BCUT2D eigenvalue weighted by Gasteiger charge is -2.18. The van der Waals surface area contributed by atoms with Crippen molar-refractivity contribution in [3.63, 3.8) is 0 Å². The van der Waals surface area contributed by atoms with E-state index in [1.165, 1.54) is 57.7 Å². The monoisotopic (exact) mass is 1250 g/mol. The van der Waals surface area contributed by atoms with Crippen LogP contribution in [0.3, 0.4) is 0 Å². The maximum Gasteiger partial charge on any atom is 0.418 e. The predicted molar refractivity (Wildman–Crippen MR) is 346 cm³/mol. The Labute approximate surface area is 520 Å². The largest absolute Gasteiger partial charge is 0.418 e. The van der Waals surface area contributed by atoms with Crippen LogP contribution in [0.25, 0.3) is 149 Å². The standard InChI is InChI=1S/C78H43F12N3/c79-75(80,81)50-28-36-69-61(42-50)59-40-48(26-34-67(59)92(69)71-20-10-8-18-63(71)77(85,86)87)46-24-32-65-57(38-46)58-39-47(49-27-35-68-60(41-49)62-43-51(76(82,83)84)29-37-70(62)93(68)72-21-11-9-19-64(72)78(88,89)90)25-33-66(58)91(65)52-30-22-45(23-31-52)74-55-16-6-4-14-53(55)73(44-12-2-1-3-13-44)54-15-5-7-17-56(54)74/h1-43H. The highest BCUT2D eigenvalue weighted by Gasteiger charge is 2.38. The van der Waals surface area contributed by atoms with Crippen molar-refractivity contribution in [2.24, 2.45) is 0 Å². The summed E-state index contributed by atoms with van der Waals surface area (Å²) in [7, 11) is 0. The summed E-state index contributed by atoms with van der Waals surface area (Å²) in [5.74, 6) is 0. The van der Waals surface area contributed by atoms with Crippen molar-refractivity contribution in [2.75, 3.05) is 0 Å². The predicted octanol–water partition coefficient (Wildman–Crippen LogP) is 24.0. The van der Waals surface area contributed by atoms with Crippen molar-refractivity contribution < 1.29 is 52.7 Å². The molecule has 3 nitrogen and oxygen atoms in total. The molecule has 0 spiro atoms. The molecule has 0 N–H and O–H groups in total. The van der Waals surface area contributed by atoms with Gasteiger partial charge in [0.2, 0.25) is 0 Å². The lowest BCUT2D eigenvalue weighted by molar-refractivity contribution is -0.138. The second kappa shape index (κ2) is 20.7. The third kappa shape index (κ3) is 9.30. The number of rotatable bonds is 7. The van der Waals surface area contributed by atoms with E-state index in [0.717, 1.165) is 96.9 Å². The smallest absolute Gasteiger partial charge is 0.309 e. The summed E-state index contributed by atoms with van der Waals surface area (Å²) in [5, 5.41) is 6.40. The molecule has 93 heavy (non-hydrogen) atoms. The van der Waals surface area contributed by atoms with Gasteiger partial charge in [0.25, 0.3) is 0 Å². The summed E-state index contributed by atoms with van der Waals surface area (Å²) in [6.45, 7) is 0. The molecule has 0 saturated heterocycles. The number of benzene rings is 13. The summed E-state index contributed by atoms with van der Waals surface area (Å²) in [6.07, 6.45) is -19.2. The Morgan fingerprint density at radius 3 is 0.828 bits per heavy atom. The van der Waals surface area contributed by atoms with Gasteiger partial charge >= 0.3 is 24.7 Å². The Morgan fingerprint density at radius 1 is 0.204 bits per heavy atom. The van der Waals surface area contributed by atoms with E-state index in [0.29, 0.717) is 33.0 Å². The first-order valence-corrected chi connectivity index (χ1v) is 29.5. The number of aromatic nitrogens is 3. The first-order chi connectivity index (χ1) is 44.7. The molecule has 0 bridgehead atoms. The Kier molecular flexibility index (Phi) is 12.7. The van der Waals surface area contributed by atoms with Gasteiger partial charge in [-0.1, -0.05) is 140 Å². The fraction of sp³-hybridized carbons (Fsp3) is 0.0513. The number of para-hydroxylation sites is 2. The van der Waals surface area contributed by atoms with Crippen LogP contribution in [0.2, 0.25) is 0 Å². The van der Waals surface area contributed by atoms with Crippen LogP contribution in [0.15, 0.2) is 261 Å². The number of nitrogens with zero attached hydrogens (tertiary/aromatic N) is 3. The summed E-state index contributed by atoms with van der Waals surface area (Å²) in [6, 6.07) is 72.4. The Hall–Kier alpha value is -11.1. The van der Waals surface area contributed by atoms with Crippen molar-refractivity contribution in [3.8, 4) is 61.6 Å². The van der Waals surface area contributed by atoms with E-state index < -0.39 is 47.0 Å². The average Bonchev–Trinajstić information content (AvgIpc) is 1.71. The average molecular weight is 1250 g/mol. The van der Waals surface area contributed by atoms with E-state index in [4.69, 9.17) is 0 Å². The lowest BCUT2D eigenvalue weighted by Crippen LogP contribution is -2.10. The first kappa shape index (κ1) is 57.1. The molecule has 0 radical (unpaired) electrons. The van der Waals surface area contributed by atoms with Crippen LogP contribution >= 0.6 is 0 Å². The molecule has 0 unspecified atom stereocenters. The molecule has 0 saturated carbocycles. The Bertz CT molecular complexity index is 5440. The highest BCUT2D eigenvalue weighted by Crippen LogP contribution is 2.48. The fourth-order valence-electron chi connectivity index (χ4n) is 13.9. The zero-order valence-corrected chi connectivity index (χ0v) is 48.2. The van der Waals surface area contributed by atoms with E-state index in [1.54, 1.807) is 36.4 Å². The van der Waals surface area contributed by atoms with Gasteiger partial charge in [-0.25, -0.2) is 0 Å². The highest BCUT2D eigenvalue weighted by molar-refractivity contribution is 6.22. The molecule has 0 fully saturated rings. The third-order valence-corrected chi connectivity index (χ3v) is 17.9. The van der Waals surface area contributed by atoms with Gasteiger partial charge in [0.1, 0.15) is 0 Å². The summed E-state index contributed by atoms with van der Waals surface area (Å²) in [5.41, 5.74) is 5.05. The molecule has 0 aliphatic rings. The lowest BCUT2D eigenvalue weighted by atomic mass is 9.86. The van der Waals surface area contributed by atoms with Crippen LogP contribution in [0, 0.1) is 0 Å². The van der Waals surface area contributed by atoms with Crippen LogP contribution in [0.4, 0.5) is 52.7 Å². The van der Waals surface area contributed by atoms with E-state index in [2.05, 4.69) is 53.1 Å². The van der Waals surface area contributed by atoms with Gasteiger partial charge < -0.3 is 13.7 Å². The number of fused-ring (bicyclic) bond motifs is 11. The molecule has 13 aromatic carbocycles. The molecule has 3 aromatic heterocycles. The van der Waals surface area contributed by atoms with Crippen molar-refractivity contribution in [2.45, 2.75) is 24.7 Å². The number of hydrogen-bond donors (Lipinski definition) is 0. The third-order valence-electron chi connectivity index (χ3n) is 17.9. The van der Waals surface area contributed by atoms with Gasteiger partial charge in [-0.3, -0.25) is 0 Å². The molecular formula is C78H43F12N3. The van der Waals surface area contributed by atoms with Crippen LogP contribution in [-0.2, 0) is 24.7 Å². The van der Waals surface area contributed by atoms with Crippen molar-refractivity contribution >= 4 is 87.0 Å². The number of hydrogen-bond acceptors (Lipinski definition) is 0. The molecule has 0 amide bonds. The zero-order valence-electron chi connectivity index (χ0n) is 48.2. The van der Waals surface area contributed by atoms with E-state index >= 15 is 0 Å². The molecule has 0 aliphatic carbocycles. The minimum absolute atomic E-state index is 0.0804. The van der Waals surface area contributed by atoms with Gasteiger partial charge in [-0.2, -0.15) is 52.7 Å². The fourth-order valence-corrected chi connectivity index (χ4v) is 13.9. The Morgan fingerprint density at radius 2 is 0.484 bits per heavy atom. The molecule has 16 rings (SSSR count). The Balaban J connectivity index is 0.904. The van der Waals surface area contributed by atoms with Crippen LogP contribution < -0.4 is 0 Å². The van der Waals surface area contributed by atoms with Crippen LogP contribution in [0.5, 0.6) is 0 Å². The summed E-state index contributed by atoms with van der Waals surface area (Å²) >= 11 is 0. The molecular weight excluding hydrogens is 1210 g/mol. The number of alkyl halides is 12.